The predicted octanol–water partition coefficient (Wildman–Crippen LogP) is 3.28. The maximum absolute atomic E-state index is 6.19. The van der Waals surface area contributed by atoms with Crippen molar-refractivity contribution in [1.29, 1.82) is 0 Å². The molecule has 1 aromatic carbocycles. The average Bonchev–Trinajstić information content (AvgIpc) is 2.42. The zero-order chi connectivity index (χ0) is 13.2. The molecule has 1 aromatic rings. The van der Waals surface area contributed by atoms with Gasteiger partial charge in [-0.1, -0.05) is 38.5 Å². The van der Waals surface area contributed by atoms with Gasteiger partial charge in [-0.25, -0.2) is 0 Å². The second-order valence-electron chi connectivity index (χ2n) is 5.99. The Labute approximate surface area is 111 Å². The first-order valence-electron chi connectivity index (χ1n) is 7.09. The number of nitrogens with zero attached hydrogens (tertiary/aromatic N) is 1. The summed E-state index contributed by atoms with van der Waals surface area (Å²) in [4.78, 5) is 2.42. The van der Waals surface area contributed by atoms with Crippen molar-refractivity contribution in [2.45, 2.75) is 38.6 Å². The molecule has 18 heavy (non-hydrogen) atoms. The van der Waals surface area contributed by atoms with E-state index in [4.69, 9.17) is 5.73 Å². The minimum Gasteiger partial charge on any atom is -0.367 e. The van der Waals surface area contributed by atoms with Gasteiger partial charge in [0.05, 0.1) is 5.54 Å². The minimum absolute atomic E-state index is 0.124. The first-order chi connectivity index (χ1) is 8.60. The van der Waals surface area contributed by atoms with E-state index in [1.807, 2.05) is 0 Å². The Bertz CT molecular complexity index is 376. The summed E-state index contributed by atoms with van der Waals surface area (Å²) >= 11 is 0. The molecule has 1 saturated carbocycles. The lowest BCUT2D eigenvalue weighted by Crippen LogP contribution is -2.59. The zero-order valence-electron chi connectivity index (χ0n) is 11.9. The van der Waals surface area contributed by atoms with Crippen molar-refractivity contribution >= 4 is 5.69 Å². The molecule has 3 atom stereocenters. The van der Waals surface area contributed by atoms with Gasteiger partial charge in [-0.3, -0.25) is 0 Å². The van der Waals surface area contributed by atoms with Crippen LogP contribution in [0.15, 0.2) is 30.3 Å². The van der Waals surface area contributed by atoms with Gasteiger partial charge in [0, 0.05) is 19.3 Å². The van der Waals surface area contributed by atoms with Gasteiger partial charge in [-0.2, -0.15) is 0 Å². The van der Waals surface area contributed by atoms with Crippen molar-refractivity contribution in [1.82, 2.24) is 0 Å². The molecule has 2 nitrogen and oxygen atoms in total. The van der Waals surface area contributed by atoms with E-state index in [9.17, 15) is 0 Å². The standard InChI is InChI=1S/C16H26N2/c1-13-9-10-14(2)16(11-13,12-17)18(3)15-7-5-4-6-8-15/h4-8,13-14H,9-12,17H2,1-3H3. The first kappa shape index (κ1) is 13.4. The van der Waals surface area contributed by atoms with Crippen LogP contribution in [0.1, 0.15) is 33.1 Å². The molecule has 100 valence electrons. The largest absolute Gasteiger partial charge is 0.367 e. The molecule has 2 heteroatoms. The molecule has 0 heterocycles. The molecule has 0 spiro atoms. The van der Waals surface area contributed by atoms with Crippen LogP contribution in [0.4, 0.5) is 5.69 Å². The lowest BCUT2D eigenvalue weighted by atomic mass is 9.68. The highest BCUT2D eigenvalue weighted by Gasteiger charge is 2.42. The molecule has 1 fully saturated rings. The summed E-state index contributed by atoms with van der Waals surface area (Å²) in [6.45, 7) is 5.46. The molecule has 0 amide bonds. The van der Waals surface area contributed by atoms with Gasteiger partial charge in [0.1, 0.15) is 0 Å². The van der Waals surface area contributed by atoms with Crippen LogP contribution < -0.4 is 10.6 Å². The Morgan fingerprint density at radius 3 is 2.50 bits per heavy atom. The number of anilines is 1. The lowest BCUT2D eigenvalue weighted by Gasteiger charge is -2.51. The number of hydrogen-bond acceptors (Lipinski definition) is 2. The predicted molar refractivity (Wildman–Crippen MR) is 78.8 cm³/mol. The summed E-state index contributed by atoms with van der Waals surface area (Å²) in [5.41, 5.74) is 7.59. The van der Waals surface area contributed by atoms with Gasteiger partial charge in [0.2, 0.25) is 0 Å². The average molecular weight is 246 g/mol. The molecular formula is C16H26N2. The number of para-hydroxylation sites is 1. The molecule has 1 aliphatic carbocycles. The van der Waals surface area contributed by atoms with E-state index in [-0.39, 0.29) is 5.54 Å². The van der Waals surface area contributed by atoms with Crippen LogP contribution in [-0.2, 0) is 0 Å². The summed E-state index contributed by atoms with van der Waals surface area (Å²) in [5.74, 6) is 1.43. The number of rotatable bonds is 3. The SMILES string of the molecule is CC1CCC(C)C(CN)(N(C)c2ccccc2)C1. The van der Waals surface area contributed by atoms with Crippen LogP contribution in [0, 0.1) is 11.8 Å². The highest BCUT2D eigenvalue weighted by molar-refractivity contribution is 5.48. The second kappa shape index (κ2) is 5.31. The zero-order valence-corrected chi connectivity index (χ0v) is 11.9. The summed E-state index contributed by atoms with van der Waals surface area (Å²) < 4.78 is 0. The van der Waals surface area contributed by atoms with Crippen LogP contribution in [-0.4, -0.2) is 19.1 Å². The van der Waals surface area contributed by atoms with E-state index < -0.39 is 0 Å². The monoisotopic (exact) mass is 246 g/mol. The van der Waals surface area contributed by atoms with Crippen molar-refractivity contribution in [2.24, 2.45) is 17.6 Å². The van der Waals surface area contributed by atoms with Gasteiger partial charge in [0.15, 0.2) is 0 Å². The van der Waals surface area contributed by atoms with Crippen LogP contribution in [0.25, 0.3) is 0 Å². The van der Waals surface area contributed by atoms with Gasteiger partial charge in [0.25, 0.3) is 0 Å². The molecule has 2 rings (SSSR count). The van der Waals surface area contributed by atoms with Crippen molar-refractivity contribution in [3.05, 3.63) is 30.3 Å². The maximum Gasteiger partial charge on any atom is 0.0548 e. The number of benzene rings is 1. The third-order valence-corrected chi connectivity index (χ3v) is 4.88. The Kier molecular flexibility index (Phi) is 3.96. The molecule has 3 unspecified atom stereocenters. The number of hydrogen-bond donors (Lipinski definition) is 1. The van der Waals surface area contributed by atoms with Gasteiger partial charge in [-0.15, -0.1) is 0 Å². The Morgan fingerprint density at radius 1 is 1.22 bits per heavy atom. The third kappa shape index (κ3) is 2.26. The molecule has 0 aliphatic heterocycles. The molecule has 1 aliphatic rings. The number of nitrogens with two attached hydrogens (primary N) is 1. The Hall–Kier alpha value is -1.02. The van der Waals surface area contributed by atoms with E-state index in [0.717, 1.165) is 12.5 Å². The molecule has 0 saturated heterocycles. The lowest BCUT2D eigenvalue weighted by molar-refractivity contribution is 0.162. The highest BCUT2D eigenvalue weighted by atomic mass is 15.2. The van der Waals surface area contributed by atoms with Crippen LogP contribution in [0.5, 0.6) is 0 Å². The topological polar surface area (TPSA) is 29.3 Å². The van der Waals surface area contributed by atoms with E-state index in [1.54, 1.807) is 0 Å². The Balaban J connectivity index is 2.31. The van der Waals surface area contributed by atoms with Crippen molar-refractivity contribution in [2.75, 3.05) is 18.5 Å². The van der Waals surface area contributed by atoms with Crippen LogP contribution in [0.3, 0.4) is 0 Å². The molecule has 0 bridgehead atoms. The minimum atomic E-state index is 0.124. The van der Waals surface area contributed by atoms with Crippen molar-refractivity contribution in [3.63, 3.8) is 0 Å². The molecule has 2 N–H and O–H groups in total. The van der Waals surface area contributed by atoms with E-state index in [1.165, 1.54) is 24.9 Å². The normalized spacial score (nSPS) is 32.2. The van der Waals surface area contributed by atoms with Gasteiger partial charge < -0.3 is 10.6 Å². The molecule has 0 radical (unpaired) electrons. The van der Waals surface area contributed by atoms with E-state index >= 15 is 0 Å². The molecular weight excluding hydrogens is 220 g/mol. The first-order valence-corrected chi connectivity index (χ1v) is 7.09. The quantitative estimate of drug-likeness (QED) is 0.887. The molecule has 0 aromatic heterocycles. The van der Waals surface area contributed by atoms with Gasteiger partial charge in [-0.05, 0) is 36.8 Å². The number of likely N-dealkylation sites (N-methyl/N-ethyl adjacent to an activating group) is 1. The van der Waals surface area contributed by atoms with Crippen molar-refractivity contribution in [3.8, 4) is 0 Å². The summed E-state index contributed by atoms with van der Waals surface area (Å²) in [6.07, 6.45) is 3.83. The van der Waals surface area contributed by atoms with Gasteiger partial charge >= 0.3 is 0 Å². The van der Waals surface area contributed by atoms with Crippen molar-refractivity contribution < 1.29 is 0 Å². The van der Waals surface area contributed by atoms with Crippen LogP contribution >= 0.6 is 0 Å². The summed E-state index contributed by atoms with van der Waals surface area (Å²) in [5, 5.41) is 0. The second-order valence-corrected chi connectivity index (χ2v) is 5.99. The third-order valence-electron chi connectivity index (χ3n) is 4.88. The highest BCUT2D eigenvalue weighted by Crippen LogP contribution is 2.41. The Morgan fingerprint density at radius 2 is 1.89 bits per heavy atom. The fraction of sp³-hybridized carbons (Fsp3) is 0.625. The van der Waals surface area contributed by atoms with E-state index in [0.29, 0.717) is 5.92 Å². The maximum atomic E-state index is 6.19. The smallest absolute Gasteiger partial charge is 0.0548 e. The summed E-state index contributed by atoms with van der Waals surface area (Å²) in [7, 11) is 2.21. The summed E-state index contributed by atoms with van der Waals surface area (Å²) in [6, 6.07) is 10.6. The fourth-order valence-corrected chi connectivity index (χ4v) is 3.51. The van der Waals surface area contributed by atoms with E-state index in [2.05, 4.69) is 56.1 Å². The fourth-order valence-electron chi connectivity index (χ4n) is 3.51. The van der Waals surface area contributed by atoms with Crippen LogP contribution in [0.2, 0.25) is 0 Å².